The molecule has 0 saturated carbocycles. The van der Waals surface area contributed by atoms with Gasteiger partial charge in [-0.1, -0.05) is 106 Å². The van der Waals surface area contributed by atoms with Gasteiger partial charge in [0.2, 0.25) is 0 Å². The van der Waals surface area contributed by atoms with Crippen molar-refractivity contribution in [2.75, 3.05) is 0 Å². The zero-order valence-corrected chi connectivity index (χ0v) is 16.5. The first kappa shape index (κ1) is 21.0. The molecule has 0 amide bonds. The number of hydrogen-bond donors (Lipinski definition) is 0. The number of benzene rings is 2. The van der Waals surface area contributed by atoms with E-state index in [4.69, 9.17) is 0 Å². The van der Waals surface area contributed by atoms with Gasteiger partial charge in [0.1, 0.15) is 0 Å². The maximum absolute atomic E-state index is 10.5. The van der Waals surface area contributed by atoms with Gasteiger partial charge in [-0.25, -0.2) is 0 Å². The van der Waals surface area contributed by atoms with E-state index in [1.54, 1.807) is 6.08 Å². The summed E-state index contributed by atoms with van der Waals surface area (Å²) in [5, 5.41) is 10.5. The number of aryl methyl sites for hydroxylation is 1. The van der Waals surface area contributed by atoms with Crippen molar-refractivity contribution in [1.29, 1.82) is 0 Å². The molecule has 0 unspecified atom stereocenters. The van der Waals surface area contributed by atoms with Gasteiger partial charge in [-0.2, -0.15) is 0 Å². The van der Waals surface area contributed by atoms with Crippen molar-refractivity contribution in [3.8, 4) is 11.1 Å². The minimum atomic E-state index is -1.17. The highest BCUT2D eigenvalue weighted by Crippen LogP contribution is 2.21. The van der Waals surface area contributed by atoms with Crippen molar-refractivity contribution < 1.29 is 9.90 Å². The fourth-order valence-corrected chi connectivity index (χ4v) is 3.28. The number of carboxylic acids is 1. The molecule has 2 rings (SSSR count). The second-order valence-corrected chi connectivity index (χ2v) is 7.20. The summed E-state index contributed by atoms with van der Waals surface area (Å²) in [5.74, 6) is -1.17. The molecule has 2 heteroatoms. The largest absolute Gasteiger partial charge is 0.545 e. The van der Waals surface area contributed by atoms with E-state index in [1.807, 2.05) is 24.3 Å². The predicted octanol–water partition coefficient (Wildman–Crippen LogP) is 5.80. The van der Waals surface area contributed by atoms with Crippen molar-refractivity contribution in [2.45, 2.75) is 64.7 Å². The first-order valence-corrected chi connectivity index (χ1v) is 10.3. The van der Waals surface area contributed by atoms with Crippen molar-refractivity contribution in [2.24, 2.45) is 0 Å². The van der Waals surface area contributed by atoms with E-state index in [0.29, 0.717) is 0 Å². The lowest BCUT2D eigenvalue weighted by Gasteiger charge is -2.06. The van der Waals surface area contributed by atoms with Gasteiger partial charge >= 0.3 is 0 Å². The van der Waals surface area contributed by atoms with Crippen molar-refractivity contribution >= 4 is 12.0 Å². The van der Waals surface area contributed by atoms with E-state index < -0.39 is 5.97 Å². The third-order valence-electron chi connectivity index (χ3n) is 4.93. The summed E-state index contributed by atoms with van der Waals surface area (Å²) in [7, 11) is 0. The van der Waals surface area contributed by atoms with Crippen LogP contribution in [0.5, 0.6) is 0 Å². The number of carboxylic acid groups (broad SMARTS) is 1. The van der Waals surface area contributed by atoms with Gasteiger partial charge in [-0.3, -0.25) is 0 Å². The fourth-order valence-electron chi connectivity index (χ4n) is 3.28. The van der Waals surface area contributed by atoms with Gasteiger partial charge in [-0.15, -0.1) is 0 Å². The molecule has 27 heavy (non-hydrogen) atoms. The van der Waals surface area contributed by atoms with E-state index in [2.05, 4.69) is 31.2 Å². The van der Waals surface area contributed by atoms with Crippen LogP contribution in [0.15, 0.2) is 54.6 Å². The molecule has 0 radical (unpaired) electrons. The Kier molecular flexibility index (Phi) is 9.40. The van der Waals surface area contributed by atoms with Crippen LogP contribution in [-0.2, 0) is 11.2 Å². The minimum Gasteiger partial charge on any atom is -0.545 e. The Morgan fingerprint density at radius 3 is 1.85 bits per heavy atom. The van der Waals surface area contributed by atoms with Gasteiger partial charge in [0.25, 0.3) is 0 Å². The summed E-state index contributed by atoms with van der Waals surface area (Å²) in [6.45, 7) is 2.26. The summed E-state index contributed by atoms with van der Waals surface area (Å²) in [6, 6.07) is 16.7. The van der Waals surface area contributed by atoms with Crippen molar-refractivity contribution in [3.05, 3.63) is 65.7 Å². The summed E-state index contributed by atoms with van der Waals surface area (Å²) in [5.41, 5.74) is 4.58. The highest BCUT2D eigenvalue weighted by molar-refractivity contribution is 5.83. The molecule has 0 aliphatic heterocycles. The summed E-state index contributed by atoms with van der Waals surface area (Å²) < 4.78 is 0. The summed E-state index contributed by atoms with van der Waals surface area (Å²) in [4.78, 5) is 10.5. The maximum atomic E-state index is 10.5. The molecular formula is C25H31O2-. The standard InChI is InChI=1S/C25H32O2/c1-2-3-4-5-6-7-8-9-10-21-11-16-23(17-12-21)24-18-13-22(14-19-24)15-20-25(26)27/h11-20H,2-10H2,1H3,(H,26,27)/p-1/b20-15+. The predicted molar refractivity (Wildman–Crippen MR) is 112 cm³/mol. The minimum absolute atomic E-state index is 0.856. The van der Waals surface area contributed by atoms with Crippen LogP contribution in [0, 0.1) is 0 Å². The normalized spacial score (nSPS) is 11.1. The third kappa shape index (κ3) is 8.25. The second kappa shape index (κ2) is 12.1. The lowest BCUT2D eigenvalue weighted by molar-refractivity contribution is -0.297. The van der Waals surface area contributed by atoms with E-state index in [9.17, 15) is 9.90 Å². The van der Waals surface area contributed by atoms with Crippen LogP contribution >= 0.6 is 0 Å². The van der Waals surface area contributed by atoms with Gasteiger partial charge < -0.3 is 9.90 Å². The maximum Gasteiger partial charge on any atom is 0.0643 e. The number of unbranched alkanes of at least 4 members (excludes halogenated alkanes) is 7. The Morgan fingerprint density at radius 2 is 1.30 bits per heavy atom. The van der Waals surface area contributed by atoms with E-state index in [1.165, 1.54) is 62.5 Å². The number of carbonyl (C=O) groups excluding carboxylic acids is 1. The fraction of sp³-hybridized carbons (Fsp3) is 0.400. The first-order valence-electron chi connectivity index (χ1n) is 10.3. The van der Waals surface area contributed by atoms with E-state index in [0.717, 1.165) is 23.6 Å². The molecule has 0 aliphatic rings. The SMILES string of the molecule is CCCCCCCCCCc1ccc(-c2ccc(/C=C/C(=O)[O-])cc2)cc1. The summed E-state index contributed by atoms with van der Waals surface area (Å²) >= 11 is 0. The van der Waals surface area contributed by atoms with Gasteiger partial charge in [0.15, 0.2) is 0 Å². The van der Waals surface area contributed by atoms with E-state index in [-0.39, 0.29) is 0 Å². The Balaban J connectivity index is 1.75. The smallest absolute Gasteiger partial charge is 0.0643 e. The molecule has 0 heterocycles. The molecule has 0 bridgehead atoms. The second-order valence-electron chi connectivity index (χ2n) is 7.20. The molecule has 2 aromatic rings. The van der Waals surface area contributed by atoms with Crippen molar-refractivity contribution in [1.82, 2.24) is 0 Å². The highest BCUT2D eigenvalue weighted by atomic mass is 16.4. The van der Waals surface area contributed by atoms with Crippen LogP contribution in [0.25, 0.3) is 17.2 Å². The number of rotatable bonds is 12. The number of hydrogen-bond acceptors (Lipinski definition) is 2. The number of carbonyl (C=O) groups is 1. The lowest BCUT2D eigenvalue weighted by atomic mass is 10.00. The molecule has 0 aromatic heterocycles. The molecule has 0 spiro atoms. The average Bonchev–Trinajstić information content (AvgIpc) is 2.69. The molecule has 144 valence electrons. The first-order chi connectivity index (χ1) is 13.2. The Bertz CT molecular complexity index is 696. The van der Waals surface area contributed by atoms with Gasteiger partial charge in [-0.05, 0) is 41.2 Å². The monoisotopic (exact) mass is 363 g/mol. The quantitative estimate of drug-likeness (QED) is 0.353. The van der Waals surface area contributed by atoms with Crippen molar-refractivity contribution in [3.63, 3.8) is 0 Å². The summed E-state index contributed by atoms with van der Waals surface area (Å²) in [6.07, 6.45) is 14.6. The Labute approximate surface area is 163 Å². The molecule has 0 N–H and O–H groups in total. The van der Waals surface area contributed by atoms with Crippen LogP contribution in [0.1, 0.15) is 69.4 Å². The van der Waals surface area contributed by atoms with Crippen LogP contribution in [0.4, 0.5) is 0 Å². The average molecular weight is 364 g/mol. The van der Waals surface area contributed by atoms with Crippen LogP contribution in [-0.4, -0.2) is 5.97 Å². The Morgan fingerprint density at radius 1 is 0.778 bits per heavy atom. The topological polar surface area (TPSA) is 40.1 Å². The van der Waals surface area contributed by atoms with Crippen LogP contribution in [0.2, 0.25) is 0 Å². The molecule has 0 saturated heterocycles. The highest BCUT2D eigenvalue weighted by Gasteiger charge is 1.99. The van der Waals surface area contributed by atoms with E-state index >= 15 is 0 Å². The van der Waals surface area contributed by atoms with Crippen LogP contribution in [0.3, 0.4) is 0 Å². The van der Waals surface area contributed by atoms with Gasteiger partial charge in [0.05, 0.1) is 5.97 Å². The molecule has 0 atom stereocenters. The van der Waals surface area contributed by atoms with Gasteiger partial charge in [0, 0.05) is 0 Å². The molecule has 0 fully saturated rings. The Hall–Kier alpha value is -2.35. The number of aliphatic carboxylic acids is 1. The third-order valence-corrected chi connectivity index (χ3v) is 4.93. The molecule has 2 aromatic carbocycles. The van der Waals surface area contributed by atoms with Crippen LogP contribution < -0.4 is 5.11 Å². The molecular weight excluding hydrogens is 332 g/mol. The zero-order valence-electron chi connectivity index (χ0n) is 16.5. The molecule has 0 aliphatic carbocycles. The zero-order chi connectivity index (χ0) is 19.3. The lowest BCUT2D eigenvalue weighted by Crippen LogP contribution is -2.18. The molecule has 2 nitrogen and oxygen atoms in total.